The predicted octanol–water partition coefficient (Wildman–Crippen LogP) is 3.99. The largest absolute Gasteiger partial charge is 0.454 e. The normalized spacial score (nSPS) is 18.3. The molecule has 0 amide bonds. The van der Waals surface area contributed by atoms with Crippen LogP contribution in [0.3, 0.4) is 0 Å². The van der Waals surface area contributed by atoms with Crippen molar-refractivity contribution in [2.45, 2.75) is 24.4 Å². The first-order chi connectivity index (χ1) is 13.0. The first-order valence-electron chi connectivity index (χ1n) is 8.71. The first-order valence-corrected chi connectivity index (χ1v) is 8.71. The molecule has 1 aromatic heterocycles. The highest BCUT2D eigenvalue weighted by molar-refractivity contribution is 5.48. The summed E-state index contributed by atoms with van der Waals surface area (Å²) in [7, 11) is 0. The zero-order valence-electron chi connectivity index (χ0n) is 14.5. The highest BCUT2D eigenvalue weighted by Gasteiger charge is 2.36. The third-order valence-corrected chi connectivity index (χ3v) is 5.13. The molecule has 1 N–H and O–H groups in total. The molecular formula is C19H19F3N2O3. The van der Waals surface area contributed by atoms with Crippen molar-refractivity contribution in [3.63, 3.8) is 0 Å². The lowest BCUT2D eigenvalue weighted by Crippen LogP contribution is -2.40. The lowest BCUT2D eigenvalue weighted by atomic mass is 9.74. The minimum atomic E-state index is -4.39. The van der Waals surface area contributed by atoms with Crippen LogP contribution in [0.15, 0.2) is 36.5 Å². The Kier molecular flexibility index (Phi) is 4.59. The third-order valence-electron chi connectivity index (χ3n) is 5.13. The maximum absolute atomic E-state index is 12.7. The molecule has 2 aliphatic rings. The number of rotatable bonds is 4. The molecular weight excluding hydrogens is 361 g/mol. The molecule has 0 saturated carbocycles. The van der Waals surface area contributed by atoms with Crippen molar-refractivity contribution in [3.8, 4) is 11.5 Å². The lowest BCUT2D eigenvalue weighted by molar-refractivity contribution is -0.137. The van der Waals surface area contributed by atoms with E-state index in [9.17, 15) is 13.2 Å². The van der Waals surface area contributed by atoms with E-state index < -0.39 is 11.7 Å². The number of fused-ring (bicyclic) bond motifs is 1. The molecule has 8 heteroatoms. The van der Waals surface area contributed by atoms with Gasteiger partial charge in [0.25, 0.3) is 0 Å². The Bertz CT molecular complexity index is 803. The second kappa shape index (κ2) is 6.92. The van der Waals surface area contributed by atoms with Gasteiger partial charge in [-0.1, -0.05) is 6.07 Å². The Morgan fingerprint density at radius 1 is 1.04 bits per heavy atom. The number of hydrogen-bond acceptors (Lipinski definition) is 5. The number of anilines is 1. The molecule has 0 atom stereocenters. The van der Waals surface area contributed by atoms with E-state index in [0.29, 0.717) is 31.3 Å². The molecule has 27 heavy (non-hydrogen) atoms. The molecule has 0 unspecified atom stereocenters. The van der Waals surface area contributed by atoms with Crippen molar-refractivity contribution < 1.29 is 27.4 Å². The first kappa shape index (κ1) is 17.9. The topological polar surface area (TPSA) is 52.6 Å². The number of aromatic nitrogens is 1. The Hall–Kier alpha value is -2.48. The van der Waals surface area contributed by atoms with Crippen molar-refractivity contribution in [2.24, 2.45) is 0 Å². The minimum Gasteiger partial charge on any atom is -0.454 e. The van der Waals surface area contributed by atoms with E-state index >= 15 is 0 Å². The third kappa shape index (κ3) is 3.66. The minimum absolute atomic E-state index is 0.211. The van der Waals surface area contributed by atoms with Gasteiger partial charge in [-0.15, -0.1) is 0 Å². The van der Waals surface area contributed by atoms with E-state index in [-0.39, 0.29) is 12.2 Å². The van der Waals surface area contributed by atoms with Gasteiger partial charge < -0.3 is 19.5 Å². The average molecular weight is 380 g/mol. The van der Waals surface area contributed by atoms with Crippen molar-refractivity contribution >= 4 is 5.82 Å². The van der Waals surface area contributed by atoms with Gasteiger partial charge in [-0.2, -0.15) is 13.2 Å². The van der Waals surface area contributed by atoms with Crippen molar-refractivity contribution in [1.29, 1.82) is 0 Å². The van der Waals surface area contributed by atoms with Crippen LogP contribution in [0.4, 0.5) is 19.0 Å². The summed E-state index contributed by atoms with van der Waals surface area (Å²) in [6.07, 6.45) is -1.96. The summed E-state index contributed by atoms with van der Waals surface area (Å²) >= 11 is 0. The fraction of sp³-hybridized carbons (Fsp3) is 0.421. The molecule has 1 aromatic carbocycles. The number of halogens is 3. The van der Waals surface area contributed by atoms with Crippen molar-refractivity contribution in [3.05, 3.63) is 47.7 Å². The van der Waals surface area contributed by atoms with Gasteiger partial charge in [-0.05, 0) is 42.7 Å². The Balaban J connectivity index is 1.54. The zero-order valence-corrected chi connectivity index (χ0v) is 14.5. The van der Waals surface area contributed by atoms with Crippen LogP contribution in [0, 0.1) is 0 Å². The molecule has 0 bridgehead atoms. The molecule has 2 aliphatic heterocycles. The highest BCUT2D eigenvalue weighted by atomic mass is 19.4. The van der Waals surface area contributed by atoms with E-state index in [4.69, 9.17) is 14.2 Å². The second-order valence-corrected chi connectivity index (χ2v) is 6.74. The summed E-state index contributed by atoms with van der Waals surface area (Å²) in [5.74, 6) is 1.85. The van der Waals surface area contributed by atoms with Gasteiger partial charge in [0.05, 0.1) is 5.56 Å². The molecule has 2 aromatic rings. The number of ether oxygens (including phenoxy) is 3. The van der Waals surface area contributed by atoms with Gasteiger partial charge in [-0.25, -0.2) is 4.98 Å². The molecule has 144 valence electrons. The van der Waals surface area contributed by atoms with Crippen LogP contribution >= 0.6 is 0 Å². The van der Waals surface area contributed by atoms with Gasteiger partial charge >= 0.3 is 6.18 Å². The molecule has 3 heterocycles. The molecule has 5 nitrogen and oxygen atoms in total. The van der Waals surface area contributed by atoms with E-state index in [1.807, 2.05) is 18.2 Å². The second-order valence-electron chi connectivity index (χ2n) is 6.74. The van der Waals surface area contributed by atoms with E-state index in [1.54, 1.807) is 0 Å². The average Bonchev–Trinajstić information content (AvgIpc) is 3.15. The Morgan fingerprint density at radius 3 is 2.52 bits per heavy atom. The zero-order chi connectivity index (χ0) is 18.9. The van der Waals surface area contributed by atoms with E-state index in [1.165, 1.54) is 6.07 Å². The van der Waals surface area contributed by atoms with Crippen LogP contribution in [-0.2, 0) is 16.3 Å². The SMILES string of the molecule is FC(F)(F)c1ccc(NCC2(c3ccc4c(c3)OCO4)CCOCC2)nc1. The summed E-state index contributed by atoms with van der Waals surface area (Å²) < 4.78 is 54.5. The number of pyridine rings is 1. The van der Waals surface area contributed by atoms with Gasteiger partial charge in [-0.3, -0.25) is 0 Å². The van der Waals surface area contributed by atoms with Gasteiger partial charge in [0.1, 0.15) is 5.82 Å². The van der Waals surface area contributed by atoms with Crippen LogP contribution in [-0.4, -0.2) is 31.5 Å². The Labute approximate surface area is 154 Å². The summed E-state index contributed by atoms with van der Waals surface area (Å²) in [6.45, 7) is 1.99. The maximum Gasteiger partial charge on any atom is 0.417 e. The van der Waals surface area contributed by atoms with Gasteiger partial charge in [0, 0.05) is 31.4 Å². The predicted molar refractivity (Wildman–Crippen MR) is 92.0 cm³/mol. The summed E-state index contributed by atoms with van der Waals surface area (Å²) in [5.41, 5.74) is 0.114. The fourth-order valence-electron chi connectivity index (χ4n) is 3.48. The molecule has 1 fully saturated rings. The highest BCUT2D eigenvalue weighted by Crippen LogP contribution is 2.41. The van der Waals surface area contributed by atoms with Crippen LogP contribution in [0.1, 0.15) is 24.0 Å². The van der Waals surface area contributed by atoms with E-state index in [2.05, 4.69) is 10.3 Å². The maximum atomic E-state index is 12.7. The standard InChI is InChI=1S/C19H19F3N2O3/c20-19(21,22)14-2-4-17(23-10-14)24-11-18(5-7-25-8-6-18)13-1-3-15-16(9-13)27-12-26-15/h1-4,9-10H,5-8,11-12H2,(H,23,24). The van der Waals surface area contributed by atoms with Crippen molar-refractivity contribution in [2.75, 3.05) is 31.9 Å². The fourth-order valence-corrected chi connectivity index (χ4v) is 3.48. The smallest absolute Gasteiger partial charge is 0.417 e. The summed E-state index contributed by atoms with van der Waals surface area (Å²) in [6, 6.07) is 8.28. The van der Waals surface area contributed by atoms with Crippen LogP contribution in [0.25, 0.3) is 0 Å². The van der Waals surface area contributed by atoms with Crippen LogP contribution < -0.4 is 14.8 Å². The summed E-state index contributed by atoms with van der Waals surface area (Å²) in [4.78, 5) is 3.91. The van der Waals surface area contributed by atoms with Crippen LogP contribution in [0.5, 0.6) is 11.5 Å². The number of alkyl halides is 3. The molecule has 0 spiro atoms. The van der Waals surface area contributed by atoms with Gasteiger partial charge in [0.2, 0.25) is 6.79 Å². The van der Waals surface area contributed by atoms with E-state index in [0.717, 1.165) is 36.4 Å². The van der Waals surface area contributed by atoms with Gasteiger partial charge in [0.15, 0.2) is 11.5 Å². The number of nitrogens with zero attached hydrogens (tertiary/aromatic N) is 1. The molecule has 0 aliphatic carbocycles. The number of benzene rings is 1. The number of nitrogens with one attached hydrogen (secondary N) is 1. The summed E-state index contributed by atoms with van der Waals surface area (Å²) in [5, 5.41) is 3.19. The van der Waals surface area contributed by atoms with Crippen molar-refractivity contribution in [1.82, 2.24) is 4.98 Å². The monoisotopic (exact) mass is 380 g/mol. The number of hydrogen-bond donors (Lipinski definition) is 1. The Morgan fingerprint density at radius 2 is 1.81 bits per heavy atom. The molecule has 1 saturated heterocycles. The molecule has 4 rings (SSSR count). The quantitative estimate of drug-likeness (QED) is 0.869. The van der Waals surface area contributed by atoms with Crippen LogP contribution in [0.2, 0.25) is 0 Å². The molecule has 0 radical (unpaired) electrons. The lowest BCUT2D eigenvalue weighted by Gasteiger charge is -2.38.